The molecule has 0 spiro atoms. The molecule has 1 aliphatic carbocycles. The van der Waals surface area contributed by atoms with Gasteiger partial charge in [-0.3, -0.25) is 0 Å². The fraction of sp³-hybridized carbons (Fsp3) is 0.652. The summed E-state index contributed by atoms with van der Waals surface area (Å²) in [4.78, 5) is 11.3. The Bertz CT molecular complexity index is 604. The van der Waals surface area contributed by atoms with Crippen LogP contribution in [0.3, 0.4) is 0 Å². The Balaban J connectivity index is 2.70. The van der Waals surface area contributed by atoms with Crippen LogP contribution >= 0.6 is 0 Å². The van der Waals surface area contributed by atoms with Crippen LogP contribution < -0.4 is 0 Å². The first-order valence-corrected chi connectivity index (χ1v) is 10.1. The molecule has 0 amide bonds. The number of unbranched alkanes of at least 4 members (excludes halogenated alkanes) is 4. The minimum atomic E-state index is -2.49. The van der Waals surface area contributed by atoms with Crippen molar-refractivity contribution in [1.29, 1.82) is 0 Å². The molecule has 0 saturated carbocycles. The number of ether oxygens (including phenoxy) is 1. The number of esters is 1. The molecule has 1 atom stereocenters. The van der Waals surface area contributed by atoms with Gasteiger partial charge in [-0.2, -0.15) is 0 Å². The Morgan fingerprint density at radius 3 is 2.74 bits per heavy atom. The van der Waals surface area contributed by atoms with E-state index in [-0.39, 0.29) is 6.42 Å². The van der Waals surface area contributed by atoms with E-state index in [9.17, 15) is 15.0 Å². The summed E-state index contributed by atoms with van der Waals surface area (Å²) in [7, 11) is 1.13. The summed E-state index contributed by atoms with van der Waals surface area (Å²) in [5.41, 5.74) is 6.99. The zero-order valence-corrected chi connectivity index (χ0v) is 17.4. The first-order valence-electron chi connectivity index (χ1n) is 10.1. The van der Waals surface area contributed by atoms with Crippen molar-refractivity contribution in [3.8, 4) is 0 Å². The molecular formula is C23H36O4. The average Bonchev–Trinajstić information content (AvgIpc) is 2.97. The van der Waals surface area contributed by atoms with E-state index in [0.29, 0.717) is 5.92 Å². The number of allylic oxidation sites excluding steroid dienone is 4. The quantitative estimate of drug-likeness (QED) is 0.231. The molecule has 0 aromatic carbocycles. The van der Waals surface area contributed by atoms with E-state index in [2.05, 4.69) is 36.5 Å². The molecule has 0 bridgehead atoms. The van der Waals surface area contributed by atoms with Gasteiger partial charge in [0.25, 0.3) is 5.79 Å². The summed E-state index contributed by atoms with van der Waals surface area (Å²) in [5.74, 6) is -2.99. The SMILES string of the molecule is CCCCCCC=CC1=C(CC(C)=C=CCC(O)(O)C(=O)OC)[C@@H](C)CC1. The normalized spacial score (nSPS) is 17.3. The Labute approximate surface area is 164 Å². The zero-order chi connectivity index (χ0) is 20.3. The van der Waals surface area contributed by atoms with E-state index < -0.39 is 11.8 Å². The summed E-state index contributed by atoms with van der Waals surface area (Å²) in [6.45, 7) is 6.47. The number of hydrogen-bond acceptors (Lipinski definition) is 4. The van der Waals surface area contributed by atoms with Gasteiger partial charge in [-0.15, -0.1) is 5.73 Å². The number of aliphatic hydroxyl groups is 2. The second-order valence-electron chi connectivity index (χ2n) is 7.56. The Hall–Kier alpha value is -1.61. The van der Waals surface area contributed by atoms with Crippen molar-refractivity contribution in [3.05, 3.63) is 40.7 Å². The molecule has 0 aromatic heterocycles. The Morgan fingerprint density at radius 1 is 1.33 bits per heavy atom. The molecule has 2 N–H and O–H groups in total. The van der Waals surface area contributed by atoms with Crippen LogP contribution in [0.25, 0.3) is 0 Å². The van der Waals surface area contributed by atoms with Gasteiger partial charge in [-0.25, -0.2) is 4.79 Å². The standard InChI is InChI=1S/C23H36O4/c1-5-6-7-8-9-10-13-20-15-14-19(3)21(20)17-18(2)12-11-16-23(25,26)22(24)27-4/h10-11,13,19,25-26H,5-9,14-17H2,1-4H3/t12?,19-/m0/s1. The number of hydrogen-bond donors (Lipinski definition) is 2. The van der Waals surface area contributed by atoms with Gasteiger partial charge in [-0.1, -0.05) is 50.8 Å². The molecule has 0 fully saturated rings. The van der Waals surface area contributed by atoms with Crippen molar-refractivity contribution in [2.75, 3.05) is 7.11 Å². The van der Waals surface area contributed by atoms with Crippen molar-refractivity contribution < 1.29 is 19.7 Å². The summed E-state index contributed by atoms with van der Waals surface area (Å²) in [6, 6.07) is 0. The maximum atomic E-state index is 11.3. The van der Waals surface area contributed by atoms with Crippen LogP contribution in [0.1, 0.15) is 78.6 Å². The summed E-state index contributed by atoms with van der Waals surface area (Å²) in [5, 5.41) is 19.2. The van der Waals surface area contributed by atoms with Gasteiger partial charge >= 0.3 is 5.97 Å². The summed E-state index contributed by atoms with van der Waals surface area (Å²) in [6.07, 6.45) is 15.3. The molecule has 1 aliphatic rings. The van der Waals surface area contributed by atoms with Crippen LogP contribution in [-0.4, -0.2) is 29.1 Å². The van der Waals surface area contributed by atoms with Crippen molar-refractivity contribution in [3.63, 3.8) is 0 Å². The maximum absolute atomic E-state index is 11.3. The third-order valence-electron chi connectivity index (χ3n) is 5.10. The molecule has 1 rings (SSSR count). The first kappa shape index (κ1) is 23.4. The molecule has 27 heavy (non-hydrogen) atoms. The van der Waals surface area contributed by atoms with E-state index in [1.54, 1.807) is 0 Å². The first-order chi connectivity index (χ1) is 12.8. The average molecular weight is 377 g/mol. The highest BCUT2D eigenvalue weighted by molar-refractivity contribution is 5.77. The van der Waals surface area contributed by atoms with Crippen molar-refractivity contribution >= 4 is 5.97 Å². The van der Waals surface area contributed by atoms with E-state index in [1.807, 2.05) is 6.92 Å². The number of rotatable bonds is 11. The monoisotopic (exact) mass is 376 g/mol. The maximum Gasteiger partial charge on any atom is 0.366 e. The van der Waals surface area contributed by atoms with Gasteiger partial charge in [0.2, 0.25) is 0 Å². The molecule has 0 unspecified atom stereocenters. The minimum absolute atomic E-state index is 0.240. The molecule has 0 radical (unpaired) electrons. The number of carbonyl (C=O) groups excluding carboxylic acids is 1. The van der Waals surface area contributed by atoms with Gasteiger partial charge in [-0.05, 0) is 62.2 Å². The fourth-order valence-corrected chi connectivity index (χ4v) is 3.37. The summed E-state index contributed by atoms with van der Waals surface area (Å²) < 4.78 is 4.37. The topological polar surface area (TPSA) is 66.8 Å². The third-order valence-corrected chi connectivity index (χ3v) is 5.10. The van der Waals surface area contributed by atoms with Crippen molar-refractivity contribution in [2.24, 2.45) is 5.92 Å². The van der Waals surface area contributed by atoms with Gasteiger partial charge in [0, 0.05) is 6.42 Å². The second kappa shape index (κ2) is 12.0. The zero-order valence-electron chi connectivity index (χ0n) is 17.4. The van der Waals surface area contributed by atoms with Crippen LogP contribution in [-0.2, 0) is 9.53 Å². The smallest absolute Gasteiger partial charge is 0.366 e. The predicted molar refractivity (Wildman–Crippen MR) is 109 cm³/mol. The van der Waals surface area contributed by atoms with Gasteiger partial charge in [0.15, 0.2) is 0 Å². The molecule has 4 heteroatoms. The molecule has 0 aromatic rings. The Kier molecular flexibility index (Phi) is 10.4. The second-order valence-corrected chi connectivity index (χ2v) is 7.56. The third kappa shape index (κ3) is 8.30. The van der Waals surface area contributed by atoms with Crippen molar-refractivity contribution in [1.82, 2.24) is 0 Å². The van der Waals surface area contributed by atoms with E-state index in [0.717, 1.165) is 31.9 Å². The largest absolute Gasteiger partial charge is 0.465 e. The van der Waals surface area contributed by atoms with Gasteiger partial charge in [0.1, 0.15) is 0 Å². The van der Waals surface area contributed by atoms with Gasteiger partial charge in [0.05, 0.1) is 7.11 Å². The highest BCUT2D eigenvalue weighted by Crippen LogP contribution is 2.36. The van der Waals surface area contributed by atoms with Crippen LogP contribution in [0.5, 0.6) is 0 Å². The highest BCUT2D eigenvalue weighted by Gasteiger charge is 2.33. The van der Waals surface area contributed by atoms with Gasteiger partial charge < -0.3 is 14.9 Å². The Morgan fingerprint density at radius 2 is 2.07 bits per heavy atom. The van der Waals surface area contributed by atoms with Crippen LogP contribution in [0.15, 0.2) is 40.7 Å². The van der Waals surface area contributed by atoms with E-state index >= 15 is 0 Å². The van der Waals surface area contributed by atoms with Crippen LogP contribution in [0.4, 0.5) is 0 Å². The van der Waals surface area contributed by atoms with E-state index in [1.165, 1.54) is 49.3 Å². The lowest BCUT2D eigenvalue weighted by molar-refractivity contribution is -0.205. The minimum Gasteiger partial charge on any atom is -0.465 e. The number of carbonyl (C=O) groups is 1. The molecule has 4 nitrogen and oxygen atoms in total. The molecule has 0 saturated heterocycles. The molecule has 0 aliphatic heterocycles. The fourth-order valence-electron chi connectivity index (χ4n) is 3.37. The highest BCUT2D eigenvalue weighted by atomic mass is 16.6. The predicted octanol–water partition coefficient (Wildman–Crippen LogP) is 4.98. The van der Waals surface area contributed by atoms with Crippen LogP contribution in [0, 0.1) is 5.92 Å². The lowest BCUT2D eigenvalue weighted by atomic mass is 9.96. The molecule has 0 heterocycles. The van der Waals surface area contributed by atoms with Crippen molar-refractivity contribution in [2.45, 2.75) is 84.3 Å². The summed E-state index contributed by atoms with van der Waals surface area (Å²) >= 11 is 0. The van der Waals surface area contributed by atoms with Crippen LogP contribution in [0.2, 0.25) is 0 Å². The molecular weight excluding hydrogens is 340 g/mol. The lowest BCUT2D eigenvalue weighted by Gasteiger charge is -2.15. The van der Waals surface area contributed by atoms with E-state index in [4.69, 9.17) is 0 Å². The molecule has 152 valence electrons. The lowest BCUT2D eigenvalue weighted by Crippen LogP contribution is -2.38. The number of methoxy groups -OCH3 is 1.